The van der Waals surface area contributed by atoms with Crippen LogP contribution in [0.1, 0.15) is 31.2 Å². The Balaban J connectivity index is 1.60. The third-order valence-corrected chi connectivity index (χ3v) is 4.35. The lowest BCUT2D eigenvalue weighted by Crippen LogP contribution is -2.49. The molecular formula is C19H29N3O3. The highest BCUT2D eigenvalue weighted by atomic mass is 16.5. The minimum Gasteiger partial charge on any atom is -0.494 e. The van der Waals surface area contributed by atoms with Gasteiger partial charge in [0.15, 0.2) is 0 Å². The van der Waals surface area contributed by atoms with E-state index in [9.17, 15) is 9.59 Å². The lowest BCUT2D eigenvalue weighted by molar-refractivity contribution is -0.122. The first-order valence-corrected chi connectivity index (χ1v) is 8.91. The molecule has 0 aliphatic carbocycles. The Morgan fingerprint density at radius 2 is 1.84 bits per heavy atom. The third-order valence-electron chi connectivity index (χ3n) is 4.35. The summed E-state index contributed by atoms with van der Waals surface area (Å²) in [6.45, 7) is 3.96. The standard InChI is InChI=1S/C19H29N3O3/c1-15-6-8-17(9-7-15)25-14-4-5-18(23)20-16-10-12-22(13-11-16)19(24)21(2)3/h6-9,16H,4-5,10-14H2,1-3H3,(H,20,23). The molecule has 1 aromatic rings. The van der Waals surface area contributed by atoms with Crippen molar-refractivity contribution in [3.8, 4) is 5.75 Å². The van der Waals surface area contributed by atoms with Crippen LogP contribution in [-0.4, -0.2) is 61.6 Å². The van der Waals surface area contributed by atoms with Crippen LogP contribution in [0.25, 0.3) is 0 Å². The predicted octanol–water partition coefficient (Wildman–Crippen LogP) is 2.42. The van der Waals surface area contributed by atoms with Gasteiger partial charge in [-0.25, -0.2) is 4.79 Å². The molecule has 1 heterocycles. The topological polar surface area (TPSA) is 61.9 Å². The maximum Gasteiger partial charge on any atom is 0.319 e. The van der Waals surface area contributed by atoms with Crippen LogP contribution in [0.5, 0.6) is 5.75 Å². The molecule has 1 aromatic carbocycles. The van der Waals surface area contributed by atoms with Crippen molar-refractivity contribution in [2.24, 2.45) is 0 Å². The van der Waals surface area contributed by atoms with Gasteiger partial charge in [0.25, 0.3) is 0 Å². The summed E-state index contributed by atoms with van der Waals surface area (Å²) in [5.41, 5.74) is 1.20. The first-order chi connectivity index (χ1) is 12.0. The number of aryl methyl sites for hydroxylation is 1. The van der Waals surface area contributed by atoms with Crippen LogP contribution in [0.3, 0.4) is 0 Å². The minimum absolute atomic E-state index is 0.0398. The molecule has 1 aliphatic rings. The smallest absolute Gasteiger partial charge is 0.319 e. The number of piperidine rings is 1. The number of hydrogen-bond acceptors (Lipinski definition) is 3. The van der Waals surface area contributed by atoms with Crippen LogP contribution in [0.15, 0.2) is 24.3 Å². The number of carbonyl (C=O) groups excluding carboxylic acids is 2. The van der Waals surface area contributed by atoms with Crippen LogP contribution in [0.4, 0.5) is 4.79 Å². The quantitative estimate of drug-likeness (QED) is 0.804. The molecule has 0 atom stereocenters. The fourth-order valence-electron chi connectivity index (χ4n) is 2.86. The number of carbonyl (C=O) groups is 2. The number of likely N-dealkylation sites (tertiary alicyclic amines) is 1. The number of benzene rings is 1. The molecule has 1 fully saturated rings. The Kier molecular flexibility index (Phi) is 7.10. The summed E-state index contributed by atoms with van der Waals surface area (Å²) in [4.78, 5) is 27.3. The summed E-state index contributed by atoms with van der Waals surface area (Å²) in [6.07, 6.45) is 2.77. The summed E-state index contributed by atoms with van der Waals surface area (Å²) < 4.78 is 5.64. The van der Waals surface area contributed by atoms with Gasteiger partial charge in [0.05, 0.1) is 6.61 Å². The molecule has 0 radical (unpaired) electrons. The molecule has 1 saturated heterocycles. The minimum atomic E-state index is 0.0398. The van der Waals surface area contributed by atoms with Gasteiger partial charge in [-0.15, -0.1) is 0 Å². The van der Waals surface area contributed by atoms with Gasteiger partial charge in [0.1, 0.15) is 5.75 Å². The monoisotopic (exact) mass is 347 g/mol. The van der Waals surface area contributed by atoms with Crippen molar-refractivity contribution in [1.29, 1.82) is 0 Å². The Bertz CT molecular complexity index is 564. The van der Waals surface area contributed by atoms with Crippen LogP contribution in [0, 0.1) is 6.92 Å². The van der Waals surface area contributed by atoms with E-state index in [0.29, 0.717) is 32.5 Å². The van der Waals surface area contributed by atoms with Crippen molar-refractivity contribution < 1.29 is 14.3 Å². The molecule has 0 spiro atoms. The molecule has 2 rings (SSSR count). The van der Waals surface area contributed by atoms with Gasteiger partial charge >= 0.3 is 6.03 Å². The van der Waals surface area contributed by atoms with Gasteiger partial charge in [-0.2, -0.15) is 0 Å². The van der Waals surface area contributed by atoms with Crippen molar-refractivity contribution in [2.45, 2.75) is 38.6 Å². The van der Waals surface area contributed by atoms with Crippen LogP contribution in [0.2, 0.25) is 0 Å². The predicted molar refractivity (Wildman–Crippen MR) is 97.7 cm³/mol. The van der Waals surface area contributed by atoms with E-state index in [4.69, 9.17) is 4.74 Å². The van der Waals surface area contributed by atoms with Gasteiger partial charge in [-0.3, -0.25) is 4.79 Å². The fraction of sp³-hybridized carbons (Fsp3) is 0.579. The molecule has 0 unspecified atom stereocenters. The molecule has 6 heteroatoms. The third kappa shape index (κ3) is 6.29. The average molecular weight is 347 g/mol. The van der Waals surface area contributed by atoms with Gasteiger partial charge in [0.2, 0.25) is 5.91 Å². The zero-order valence-corrected chi connectivity index (χ0v) is 15.5. The van der Waals surface area contributed by atoms with Crippen LogP contribution >= 0.6 is 0 Å². The summed E-state index contributed by atoms with van der Waals surface area (Å²) in [7, 11) is 3.52. The van der Waals surface area contributed by atoms with Gasteiger partial charge < -0.3 is 19.9 Å². The van der Waals surface area contributed by atoms with Crippen molar-refractivity contribution in [1.82, 2.24) is 15.1 Å². The highest BCUT2D eigenvalue weighted by molar-refractivity contribution is 5.76. The highest BCUT2D eigenvalue weighted by Crippen LogP contribution is 2.13. The molecule has 25 heavy (non-hydrogen) atoms. The Labute approximate surface area is 150 Å². The van der Waals surface area contributed by atoms with E-state index in [1.165, 1.54) is 5.56 Å². The van der Waals surface area contributed by atoms with E-state index < -0.39 is 0 Å². The summed E-state index contributed by atoms with van der Waals surface area (Å²) in [5, 5.41) is 3.07. The van der Waals surface area contributed by atoms with Crippen LogP contribution in [-0.2, 0) is 4.79 Å². The number of rotatable bonds is 6. The van der Waals surface area contributed by atoms with Gasteiger partial charge in [-0.05, 0) is 38.3 Å². The first-order valence-electron chi connectivity index (χ1n) is 8.91. The van der Waals surface area contributed by atoms with E-state index in [1.54, 1.807) is 19.0 Å². The summed E-state index contributed by atoms with van der Waals surface area (Å²) in [5.74, 6) is 0.897. The van der Waals surface area contributed by atoms with E-state index in [0.717, 1.165) is 18.6 Å². The molecule has 0 saturated carbocycles. The van der Waals surface area contributed by atoms with Gasteiger partial charge in [-0.1, -0.05) is 17.7 Å². The SMILES string of the molecule is Cc1ccc(OCCCC(=O)NC2CCN(C(=O)N(C)C)CC2)cc1. The maximum atomic E-state index is 12.0. The van der Waals surface area contributed by atoms with E-state index in [1.807, 2.05) is 36.1 Å². The number of hydrogen-bond donors (Lipinski definition) is 1. The van der Waals surface area contributed by atoms with Gasteiger partial charge in [0, 0.05) is 39.6 Å². The zero-order valence-electron chi connectivity index (χ0n) is 15.5. The van der Waals surface area contributed by atoms with E-state index >= 15 is 0 Å². The lowest BCUT2D eigenvalue weighted by atomic mass is 10.0. The van der Waals surface area contributed by atoms with Crippen molar-refractivity contribution in [3.63, 3.8) is 0 Å². The number of nitrogens with zero attached hydrogens (tertiary/aromatic N) is 2. The second-order valence-electron chi connectivity index (χ2n) is 6.77. The molecule has 0 aromatic heterocycles. The fourth-order valence-corrected chi connectivity index (χ4v) is 2.86. The molecule has 1 aliphatic heterocycles. The largest absolute Gasteiger partial charge is 0.494 e. The first kappa shape index (κ1) is 19.1. The van der Waals surface area contributed by atoms with Crippen molar-refractivity contribution >= 4 is 11.9 Å². The lowest BCUT2D eigenvalue weighted by Gasteiger charge is -2.33. The normalized spacial score (nSPS) is 14.9. The zero-order chi connectivity index (χ0) is 18.2. The molecule has 6 nitrogen and oxygen atoms in total. The molecular weight excluding hydrogens is 318 g/mol. The molecule has 138 valence electrons. The highest BCUT2D eigenvalue weighted by Gasteiger charge is 2.24. The molecule has 3 amide bonds. The van der Waals surface area contributed by atoms with E-state index in [2.05, 4.69) is 5.32 Å². The average Bonchev–Trinajstić information content (AvgIpc) is 2.60. The second kappa shape index (κ2) is 9.30. The van der Waals surface area contributed by atoms with E-state index in [-0.39, 0.29) is 18.0 Å². The number of nitrogens with one attached hydrogen (secondary N) is 1. The maximum absolute atomic E-state index is 12.0. The Hall–Kier alpha value is -2.24. The number of ether oxygens (including phenoxy) is 1. The Morgan fingerprint density at radius 3 is 2.44 bits per heavy atom. The number of amides is 3. The molecule has 1 N–H and O–H groups in total. The summed E-state index contributed by atoms with van der Waals surface area (Å²) in [6, 6.07) is 8.11. The molecule has 0 bridgehead atoms. The second-order valence-corrected chi connectivity index (χ2v) is 6.77. The Morgan fingerprint density at radius 1 is 1.20 bits per heavy atom. The van der Waals surface area contributed by atoms with Crippen molar-refractivity contribution in [3.05, 3.63) is 29.8 Å². The summed E-state index contributed by atoms with van der Waals surface area (Å²) >= 11 is 0. The number of urea groups is 1. The van der Waals surface area contributed by atoms with Crippen LogP contribution < -0.4 is 10.1 Å². The van der Waals surface area contributed by atoms with Crippen molar-refractivity contribution in [2.75, 3.05) is 33.8 Å².